The maximum absolute atomic E-state index is 12.5. The van der Waals surface area contributed by atoms with Gasteiger partial charge in [-0.2, -0.15) is 0 Å². The predicted octanol–water partition coefficient (Wildman–Crippen LogP) is 2.92. The highest BCUT2D eigenvalue weighted by molar-refractivity contribution is 7.89. The molecule has 1 unspecified atom stereocenters. The molecule has 0 radical (unpaired) electrons. The summed E-state index contributed by atoms with van der Waals surface area (Å²) < 4.78 is 38.3. The summed E-state index contributed by atoms with van der Waals surface area (Å²) in [7, 11) is -2.24. The van der Waals surface area contributed by atoms with Gasteiger partial charge in [-0.1, -0.05) is 31.2 Å². The number of fused-ring (bicyclic) bond motifs is 1. The molecule has 0 saturated heterocycles. The van der Waals surface area contributed by atoms with Crippen LogP contribution in [0.2, 0.25) is 0 Å². The first-order valence-corrected chi connectivity index (χ1v) is 8.98. The second kappa shape index (κ2) is 6.62. The predicted molar refractivity (Wildman–Crippen MR) is 90.6 cm³/mol. The lowest BCUT2D eigenvalue weighted by atomic mass is 10.2. The number of nitrogens with zero attached hydrogens (tertiary/aromatic N) is 1. The average molecular weight is 346 g/mol. The highest BCUT2D eigenvalue weighted by Crippen LogP contribution is 2.24. The molecule has 1 atom stereocenters. The Hall–Kier alpha value is -2.38. The van der Waals surface area contributed by atoms with Gasteiger partial charge < -0.3 is 9.15 Å². The quantitative estimate of drug-likeness (QED) is 0.742. The Balaban J connectivity index is 1.76. The second-order valence-corrected chi connectivity index (χ2v) is 7.16. The summed E-state index contributed by atoms with van der Waals surface area (Å²) in [6, 6.07) is 13.9. The van der Waals surface area contributed by atoms with E-state index in [1.807, 2.05) is 31.2 Å². The van der Waals surface area contributed by atoms with E-state index in [9.17, 15) is 8.42 Å². The number of oxazole rings is 1. The first-order chi connectivity index (χ1) is 11.5. The molecule has 0 fully saturated rings. The number of para-hydroxylation sites is 3. The van der Waals surface area contributed by atoms with Gasteiger partial charge in [0.2, 0.25) is 10.0 Å². The Bertz CT molecular complexity index is 917. The van der Waals surface area contributed by atoms with Crippen molar-refractivity contribution in [1.82, 2.24) is 9.71 Å². The van der Waals surface area contributed by atoms with Crippen LogP contribution >= 0.6 is 0 Å². The number of nitrogens with one attached hydrogen (secondary N) is 1. The van der Waals surface area contributed by atoms with Crippen LogP contribution in [0.1, 0.15) is 18.7 Å². The Morgan fingerprint density at radius 1 is 1.17 bits per heavy atom. The minimum absolute atomic E-state index is 0.109. The molecule has 0 aliphatic heterocycles. The van der Waals surface area contributed by atoms with Crippen molar-refractivity contribution in [2.24, 2.45) is 0 Å². The SMILES string of the molecule is COc1ccccc1S(=O)(=O)NCC(C)c1nc2ccccc2o1. The molecule has 0 bridgehead atoms. The molecule has 1 heterocycles. The first-order valence-electron chi connectivity index (χ1n) is 7.49. The number of aromatic nitrogens is 1. The molecule has 6 nitrogen and oxygen atoms in total. The number of benzene rings is 2. The van der Waals surface area contributed by atoms with E-state index in [4.69, 9.17) is 9.15 Å². The average Bonchev–Trinajstić information content (AvgIpc) is 3.04. The van der Waals surface area contributed by atoms with Crippen LogP contribution in [0.4, 0.5) is 0 Å². The largest absolute Gasteiger partial charge is 0.495 e. The Morgan fingerprint density at radius 2 is 1.88 bits per heavy atom. The van der Waals surface area contributed by atoms with Crippen molar-refractivity contribution in [3.8, 4) is 5.75 Å². The number of methoxy groups -OCH3 is 1. The van der Waals surface area contributed by atoms with E-state index in [2.05, 4.69) is 9.71 Å². The summed E-state index contributed by atoms with van der Waals surface area (Å²) >= 11 is 0. The van der Waals surface area contributed by atoms with E-state index >= 15 is 0 Å². The number of rotatable bonds is 6. The molecule has 3 rings (SSSR count). The molecule has 2 aromatic carbocycles. The molecule has 1 aromatic heterocycles. The Kier molecular flexibility index (Phi) is 4.55. The standard InChI is InChI=1S/C17H18N2O4S/c1-12(17-19-13-7-3-4-8-14(13)23-17)11-18-24(20,21)16-10-6-5-9-15(16)22-2/h3-10,12,18H,11H2,1-2H3. The van der Waals surface area contributed by atoms with Gasteiger partial charge in [-0.3, -0.25) is 0 Å². The summed E-state index contributed by atoms with van der Waals surface area (Å²) in [4.78, 5) is 4.50. The molecule has 0 spiro atoms. The van der Waals surface area contributed by atoms with Gasteiger partial charge in [0.1, 0.15) is 16.2 Å². The van der Waals surface area contributed by atoms with Crippen LogP contribution in [0.3, 0.4) is 0 Å². The number of sulfonamides is 1. The van der Waals surface area contributed by atoms with Crippen molar-refractivity contribution in [1.29, 1.82) is 0 Å². The third kappa shape index (κ3) is 3.27. The number of hydrogen-bond acceptors (Lipinski definition) is 5. The van der Waals surface area contributed by atoms with Crippen molar-refractivity contribution < 1.29 is 17.6 Å². The van der Waals surface area contributed by atoms with Gasteiger partial charge in [0.25, 0.3) is 0 Å². The molecular formula is C17H18N2O4S. The minimum Gasteiger partial charge on any atom is -0.495 e. The normalized spacial score (nSPS) is 13.1. The van der Waals surface area contributed by atoms with Crippen LogP contribution in [0.5, 0.6) is 5.75 Å². The zero-order chi connectivity index (χ0) is 17.2. The highest BCUT2D eigenvalue weighted by Gasteiger charge is 2.21. The molecule has 1 N–H and O–H groups in total. The smallest absolute Gasteiger partial charge is 0.244 e. The molecule has 0 aliphatic rings. The van der Waals surface area contributed by atoms with E-state index in [0.717, 1.165) is 5.52 Å². The zero-order valence-corrected chi connectivity index (χ0v) is 14.2. The lowest BCUT2D eigenvalue weighted by molar-refractivity contribution is 0.402. The number of hydrogen-bond donors (Lipinski definition) is 1. The molecule has 7 heteroatoms. The van der Waals surface area contributed by atoms with E-state index in [0.29, 0.717) is 17.2 Å². The van der Waals surface area contributed by atoms with Crippen LogP contribution in [0.15, 0.2) is 57.8 Å². The fraction of sp³-hybridized carbons (Fsp3) is 0.235. The molecule has 24 heavy (non-hydrogen) atoms. The summed E-state index contributed by atoms with van der Waals surface area (Å²) in [5, 5.41) is 0. The van der Waals surface area contributed by atoms with Crippen LogP contribution in [0.25, 0.3) is 11.1 Å². The van der Waals surface area contributed by atoms with Gasteiger partial charge in [0.05, 0.1) is 7.11 Å². The molecular weight excluding hydrogens is 328 g/mol. The van der Waals surface area contributed by atoms with Crippen molar-refractivity contribution in [3.63, 3.8) is 0 Å². The van der Waals surface area contributed by atoms with Gasteiger partial charge in [-0.25, -0.2) is 18.1 Å². The molecule has 0 aliphatic carbocycles. The van der Waals surface area contributed by atoms with Crippen molar-refractivity contribution >= 4 is 21.1 Å². The zero-order valence-electron chi connectivity index (χ0n) is 13.4. The minimum atomic E-state index is -3.68. The monoisotopic (exact) mass is 346 g/mol. The summed E-state index contributed by atoms with van der Waals surface area (Å²) in [5.74, 6) is 0.598. The topological polar surface area (TPSA) is 81.4 Å². The summed E-state index contributed by atoms with van der Waals surface area (Å²) in [5.41, 5.74) is 1.44. The molecule has 0 amide bonds. The van der Waals surface area contributed by atoms with Crippen LogP contribution in [-0.4, -0.2) is 27.1 Å². The summed E-state index contributed by atoms with van der Waals surface area (Å²) in [6.07, 6.45) is 0. The van der Waals surface area contributed by atoms with Gasteiger partial charge in [0, 0.05) is 12.5 Å². The third-order valence-electron chi connectivity index (χ3n) is 3.67. The van der Waals surface area contributed by atoms with Gasteiger partial charge >= 0.3 is 0 Å². The van der Waals surface area contributed by atoms with Crippen LogP contribution in [0, 0.1) is 0 Å². The van der Waals surface area contributed by atoms with E-state index < -0.39 is 10.0 Å². The van der Waals surface area contributed by atoms with E-state index in [-0.39, 0.29) is 17.4 Å². The molecule has 126 valence electrons. The van der Waals surface area contributed by atoms with Crippen molar-refractivity contribution in [2.45, 2.75) is 17.7 Å². The fourth-order valence-electron chi connectivity index (χ4n) is 2.34. The third-order valence-corrected chi connectivity index (χ3v) is 5.13. The highest BCUT2D eigenvalue weighted by atomic mass is 32.2. The number of ether oxygens (including phenoxy) is 1. The Morgan fingerprint density at radius 3 is 2.62 bits per heavy atom. The molecule has 3 aromatic rings. The maximum atomic E-state index is 12.5. The lowest BCUT2D eigenvalue weighted by Crippen LogP contribution is -2.28. The van der Waals surface area contributed by atoms with Crippen LogP contribution in [-0.2, 0) is 10.0 Å². The van der Waals surface area contributed by atoms with Crippen LogP contribution < -0.4 is 9.46 Å². The summed E-state index contributed by atoms with van der Waals surface area (Å²) in [6.45, 7) is 2.03. The van der Waals surface area contributed by atoms with Gasteiger partial charge in [0.15, 0.2) is 11.5 Å². The second-order valence-electron chi connectivity index (χ2n) is 5.42. The van der Waals surface area contributed by atoms with E-state index in [1.54, 1.807) is 18.2 Å². The molecule has 0 saturated carbocycles. The van der Waals surface area contributed by atoms with Gasteiger partial charge in [-0.15, -0.1) is 0 Å². The first kappa shape index (κ1) is 16.5. The fourth-order valence-corrected chi connectivity index (χ4v) is 3.64. The van der Waals surface area contributed by atoms with E-state index in [1.165, 1.54) is 13.2 Å². The van der Waals surface area contributed by atoms with Crippen molar-refractivity contribution in [2.75, 3.05) is 13.7 Å². The maximum Gasteiger partial charge on any atom is 0.244 e. The Labute approximate surface area is 140 Å². The van der Waals surface area contributed by atoms with Crippen molar-refractivity contribution in [3.05, 3.63) is 54.4 Å². The lowest BCUT2D eigenvalue weighted by Gasteiger charge is -2.12. The van der Waals surface area contributed by atoms with Gasteiger partial charge in [-0.05, 0) is 24.3 Å².